The molecule has 2 aromatic rings. The maximum absolute atomic E-state index is 13.7. The third-order valence-electron chi connectivity index (χ3n) is 4.43. The molecule has 0 atom stereocenters. The molecule has 2 aromatic carbocycles. The van der Waals surface area contributed by atoms with Crippen LogP contribution in [0.2, 0.25) is 0 Å². The van der Waals surface area contributed by atoms with E-state index in [4.69, 9.17) is 0 Å². The molecule has 0 aliphatic carbocycles. The number of rotatable bonds is 6. The molecule has 0 aromatic heterocycles. The molecule has 1 fully saturated rings. The minimum atomic E-state index is -0.243. The molecule has 0 saturated carbocycles. The van der Waals surface area contributed by atoms with Gasteiger partial charge in [-0.1, -0.05) is 18.2 Å². The first-order chi connectivity index (χ1) is 12.1. The van der Waals surface area contributed by atoms with Crippen LogP contribution >= 0.6 is 0 Å². The van der Waals surface area contributed by atoms with Crippen LogP contribution in [0.15, 0.2) is 48.5 Å². The number of carbonyl (C=O) groups is 1. The zero-order valence-electron chi connectivity index (χ0n) is 14.5. The zero-order chi connectivity index (χ0) is 17.6. The Morgan fingerprint density at radius 2 is 1.80 bits per heavy atom. The second kappa shape index (κ2) is 8.12. The quantitative estimate of drug-likeness (QED) is 0.873. The van der Waals surface area contributed by atoms with E-state index < -0.39 is 0 Å². The Morgan fingerprint density at radius 1 is 1.12 bits per heavy atom. The van der Waals surface area contributed by atoms with Crippen LogP contribution in [0.25, 0.3) is 0 Å². The second-order valence-electron chi connectivity index (χ2n) is 6.55. The van der Waals surface area contributed by atoms with Crippen molar-refractivity contribution >= 4 is 17.3 Å². The summed E-state index contributed by atoms with van der Waals surface area (Å²) in [6, 6.07) is 14.6. The number of nitrogens with one attached hydrogen (secondary N) is 1. The lowest BCUT2D eigenvalue weighted by Crippen LogP contribution is -2.30. The van der Waals surface area contributed by atoms with Gasteiger partial charge in [0.05, 0.1) is 6.54 Å². The lowest BCUT2D eigenvalue weighted by Gasteiger charge is -2.19. The van der Waals surface area contributed by atoms with E-state index in [2.05, 4.69) is 10.2 Å². The number of amides is 1. The Balaban J connectivity index is 1.50. The van der Waals surface area contributed by atoms with Crippen molar-refractivity contribution in [3.8, 4) is 0 Å². The number of carbonyl (C=O) groups excluding carboxylic acids is 1. The van der Waals surface area contributed by atoms with E-state index in [0.29, 0.717) is 12.1 Å². The first-order valence-electron chi connectivity index (χ1n) is 8.68. The van der Waals surface area contributed by atoms with Crippen molar-refractivity contribution in [2.75, 3.05) is 36.9 Å². The Hall–Kier alpha value is -2.40. The van der Waals surface area contributed by atoms with Crippen LogP contribution in [-0.2, 0) is 11.3 Å². The molecule has 132 valence electrons. The molecule has 0 radical (unpaired) electrons. The number of likely N-dealkylation sites (N-methyl/N-ethyl adjacent to an activating group) is 1. The molecule has 1 heterocycles. The van der Waals surface area contributed by atoms with E-state index in [1.54, 1.807) is 23.1 Å². The van der Waals surface area contributed by atoms with Gasteiger partial charge in [0.25, 0.3) is 0 Å². The molecule has 1 amide bonds. The predicted molar refractivity (Wildman–Crippen MR) is 99.3 cm³/mol. The lowest BCUT2D eigenvalue weighted by molar-refractivity contribution is -0.117. The van der Waals surface area contributed by atoms with E-state index in [1.165, 1.54) is 24.6 Å². The highest BCUT2D eigenvalue weighted by molar-refractivity contribution is 5.92. The van der Waals surface area contributed by atoms with E-state index in [-0.39, 0.29) is 18.3 Å². The largest absolute Gasteiger partial charge is 0.372 e. The molecule has 3 rings (SSSR count). The number of halogens is 1. The number of hydrogen-bond acceptors (Lipinski definition) is 3. The molecular weight excluding hydrogens is 317 g/mol. The van der Waals surface area contributed by atoms with Gasteiger partial charge in [0.15, 0.2) is 0 Å². The monoisotopic (exact) mass is 341 g/mol. The average Bonchev–Trinajstić information content (AvgIpc) is 3.12. The Kier molecular flexibility index (Phi) is 5.66. The third-order valence-corrected chi connectivity index (χ3v) is 4.43. The molecule has 0 spiro atoms. The van der Waals surface area contributed by atoms with Crippen LogP contribution in [0, 0.1) is 5.82 Å². The van der Waals surface area contributed by atoms with Gasteiger partial charge < -0.3 is 10.2 Å². The summed E-state index contributed by atoms with van der Waals surface area (Å²) < 4.78 is 13.7. The molecular formula is C20H24FN3O. The van der Waals surface area contributed by atoms with Crippen LogP contribution in [0.3, 0.4) is 0 Å². The predicted octanol–water partition coefficient (Wildman–Crippen LogP) is 3.50. The minimum absolute atomic E-state index is 0.104. The summed E-state index contributed by atoms with van der Waals surface area (Å²) in [4.78, 5) is 16.3. The maximum atomic E-state index is 13.7. The fourth-order valence-corrected chi connectivity index (χ4v) is 3.15. The number of nitrogens with zero attached hydrogens (tertiary/aromatic N) is 2. The standard InChI is InChI=1S/C20H24FN3O/c1-23(14-16-6-2-3-7-19(16)21)15-20(25)22-17-8-10-18(11-9-17)24-12-4-5-13-24/h2-3,6-11H,4-5,12-15H2,1H3,(H,22,25). The highest BCUT2D eigenvalue weighted by atomic mass is 19.1. The van der Waals surface area contributed by atoms with Gasteiger partial charge in [0, 0.05) is 36.6 Å². The lowest BCUT2D eigenvalue weighted by atomic mass is 10.2. The summed E-state index contributed by atoms with van der Waals surface area (Å²) in [5, 5.41) is 2.90. The van der Waals surface area contributed by atoms with Crippen molar-refractivity contribution in [3.63, 3.8) is 0 Å². The van der Waals surface area contributed by atoms with Gasteiger partial charge in [-0.25, -0.2) is 4.39 Å². The van der Waals surface area contributed by atoms with Crippen LogP contribution in [0.4, 0.5) is 15.8 Å². The van der Waals surface area contributed by atoms with Crippen LogP contribution in [0.5, 0.6) is 0 Å². The summed E-state index contributed by atoms with van der Waals surface area (Å²) >= 11 is 0. The second-order valence-corrected chi connectivity index (χ2v) is 6.55. The average molecular weight is 341 g/mol. The molecule has 1 aliphatic heterocycles. The Morgan fingerprint density at radius 3 is 2.48 bits per heavy atom. The van der Waals surface area contributed by atoms with Gasteiger partial charge in [-0.15, -0.1) is 0 Å². The number of anilines is 2. The molecule has 5 heteroatoms. The van der Waals surface area contributed by atoms with E-state index >= 15 is 0 Å². The Bertz CT molecular complexity index is 711. The molecule has 1 N–H and O–H groups in total. The normalized spacial score (nSPS) is 14.1. The molecule has 1 aliphatic rings. The van der Waals surface area contributed by atoms with Gasteiger partial charge >= 0.3 is 0 Å². The summed E-state index contributed by atoms with van der Waals surface area (Å²) in [7, 11) is 1.81. The first kappa shape index (κ1) is 17.4. The van der Waals surface area contributed by atoms with Crippen molar-refractivity contribution in [2.24, 2.45) is 0 Å². The van der Waals surface area contributed by atoms with Crippen molar-refractivity contribution in [1.29, 1.82) is 0 Å². The fraction of sp³-hybridized carbons (Fsp3) is 0.350. The minimum Gasteiger partial charge on any atom is -0.372 e. The van der Waals surface area contributed by atoms with Crippen molar-refractivity contribution in [3.05, 3.63) is 59.9 Å². The van der Waals surface area contributed by atoms with Crippen molar-refractivity contribution < 1.29 is 9.18 Å². The van der Waals surface area contributed by atoms with E-state index in [0.717, 1.165) is 18.8 Å². The maximum Gasteiger partial charge on any atom is 0.238 e. The topological polar surface area (TPSA) is 35.6 Å². The summed E-state index contributed by atoms with van der Waals surface area (Å²) in [6.07, 6.45) is 2.49. The van der Waals surface area contributed by atoms with Crippen molar-refractivity contribution in [1.82, 2.24) is 4.90 Å². The van der Waals surface area contributed by atoms with Crippen molar-refractivity contribution in [2.45, 2.75) is 19.4 Å². The smallest absolute Gasteiger partial charge is 0.238 e. The highest BCUT2D eigenvalue weighted by Crippen LogP contribution is 2.22. The van der Waals surface area contributed by atoms with E-state index in [9.17, 15) is 9.18 Å². The third kappa shape index (κ3) is 4.79. The number of benzene rings is 2. The molecule has 25 heavy (non-hydrogen) atoms. The van der Waals surface area contributed by atoms with Gasteiger partial charge in [-0.2, -0.15) is 0 Å². The first-order valence-corrected chi connectivity index (χ1v) is 8.68. The van der Waals surface area contributed by atoms with Crippen LogP contribution < -0.4 is 10.2 Å². The van der Waals surface area contributed by atoms with Crippen LogP contribution in [-0.4, -0.2) is 37.5 Å². The van der Waals surface area contributed by atoms with Gasteiger partial charge in [-0.3, -0.25) is 9.69 Å². The summed E-state index contributed by atoms with van der Waals surface area (Å²) in [5.74, 6) is -0.347. The molecule has 1 saturated heterocycles. The SMILES string of the molecule is CN(CC(=O)Nc1ccc(N2CCCC2)cc1)Cc1ccccc1F. The van der Waals surface area contributed by atoms with Gasteiger partial charge in [0.1, 0.15) is 5.82 Å². The summed E-state index contributed by atoms with van der Waals surface area (Å²) in [6.45, 7) is 2.81. The summed E-state index contributed by atoms with van der Waals surface area (Å²) in [5.41, 5.74) is 2.58. The molecule has 0 unspecified atom stereocenters. The van der Waals surface area contributed by atoms with Crippen LogP contribution in [0.1, 0.15) is 18.4 Å². The highest BCUT2D eigenvalue weighted by Gasteiger charge is 2.13. The Labute approximate surface area is 148 Å². The van der Waals surface area contributed by atoms with Gasteiger partial charge in [-0.05, 0) is 50.2 Å². The zero-order valence-corrected chi connectivity index (χ0v) is 14.5. The molecule has 4 nitrogen and oxygen atoms in total. The van der Waals surface area contributed by atoms with Gasteiger partial charge in [0.2, 0.25) is 5.91 Å². The fourth-order valence-electron chi connectivity index (χ4n) is 3.15. The van der Waals surface area contributed by atoms with E-state index in [1.807, 2.05) is 31.3 Å². The molecule has 0 bridgehead atoms. The number of hydrogen-bond donors (Lipinski definition) is 1.